The maximum atomic E-state index is 13.5. The van der Waals surface area contributed by atoms with Crippen molar-refractivity contribution in [3.05, 3.63) is 70.5 Å². The molecule has 0 aliphatic heterocycles. The molecule has 1 amide bonds. The first kappa shape index (κ1) is 29.3. The highest BCUT2D eigenvalue weighted by Gasteiger charge is 2.51. The number of hydrogen-bond acceptors (Lipinski definition) is 6. The minimum absolute atomic E-state index is 0.0869. The van der Waals surface area contributed by atoms with Crippen LogP contribution in [-0.4, -0.2) is 30.5 Å². The summed E-state index contributed by atoms with van der Waals surface area (Å²) in [5.41, 5.74) is 1.30. The molecule has 4 fully saturated rings. The lowest BCUT2D eigenvalue weighted by Gasteiger charge is -2.51. The van der Waals surface area contributed by atoms with Crippen LogP contribution in [0.4, 0.5) is 18.9 Å². The van der Waals surface area contributed by atoms with Crippen molar-refractivity contribution in [3.63, 3.8) is 0 Å². The number of fused-ring (bicyclic) bond motifs is 3. The van der Waals surface area contributed by atoms with E-state index in [1.54, 1.807) is 24.3 Å². The Hall–Kier alpha value is -3.79. The number of alkyl halides is 3. The number of amides is 1. The number of benzene rings is 2. The number of rotatable bonds is 8. The maximum Gasteiger partial charge on any atom is 0.573 e. The molecule has 1 aromatic heterocycles. The molecule has 0 spiro atoms. The normalized spacial score (nSPS) is 23.4. The van der Waals surface area contributed by atoms with Gasteiger partial charge in [0.25, 0.3) is 0 Å². The van der Waals surface area contributed by atoms with Crippen LogP contribution in [0.1, 0.15) is 79.0 Å². The highest BCUT2D eigenvalue weighted by molar-refractivity contribution is 6.34. The van der Waals surface area contributed by atoms with Crippen molar-refractivity contribution in [1.29, 1.82) is 0 Å². The summed E-state index contributed by atoms with van der Waals surface area (Å²) < 4.78 is 54.1. The van der Waals surface area contributed by atoms with E-state index in [0.29, 0.717) is 47.5 Å². The van der Waals surface area contributed by atoms with Crippen LogP contribution in [0, 0.1) is 10.8 Å². The molecule has 4 aliphatic carbocycles. The van der Waals surface area contributed by atoms with Gasteiger partial charge in [-0.05, 0) is 87.1 Å². The number of anilines is 1. The van der Waals surface area contributed by atoms with E-state index in [9.17, 15) is 22.8 Å². The summed E-state index contributed by atoms with van der Waals surface area (Å²) in [6, 6.07) is 10.6. The zero-order valence-corrected chi connectivity index (χ0v) is 24.2. The fourth-order valence-electron chi connectivity index (χ4n) is 6.36. The van der Waals surface area contributed by atoms with Gasteiger partial charge >= 0.3 is 12.3 Å². The smallest absolute Gasteiger partial charge is 0.465 e. The Morgan fingerprint density at radius 2 is 1.77 bits per heavy atom. The van der Waals surface area contributed by atoms with Crippen LogP contribution in [0.15, 0.2) is 53.1 Å². The molecular formula is C32H30ClF3N2O5. The molecule has 7 nitrogen and oxygen atoms in total. The van der Waals surface area contributed by atoms with Crippen molar-refractivity contribution in [2.75, 3.05) is 12.4 Å². The minimum Gasteiger partial charge on any atom is -0.465 e. The van der Waals surface area contributed by atoms with Gasteiger partial charge in [0.15, 0.2) is 0 Å². The van der Waals surface area contributed by atoms with Crippen LogP contribution in [-0.2, 0) is 9.53 Å². The Morgan fingerprint density at radius 1 is 1.07 bits per heavy atom. The second-order valence-corrected chi connectivity index (χ2v) is 12.2. The zero-order chi connectivity index (χ0) is 30.4. The average Bonchev–Trinajstić information content (AvgIpc) is 3.76. The third-order valence-electron chi connectivity index (χ3n) is 9.10. The number of para-hydroxylation sites is 1. The highest BCUT2D eigenvalue weighted by Crippen LogP contribution is 2.58. The molecule has 2 aromatic carbocycles. The summed E-state index contributed by atoms with van der Waals surface area (Å²) in [6.07, 6.45) is 5.57. The number of carbonyl (C=O) groups is 2. The number of hydrogen-bond donors (Lipinski definition) is 1. The van der Waals surface area contributed by atoms with Crippen molar-refractivity contribution in [3.8, 4) is 17.0 Å². The van der Waals surface area contributed by atoms with Crippen molar-refractivity contribution < 1.29 is 36.8 Å². The molecule has 4 aliphatic rings. The molecule has 0 saturated heterocycles. The molecule has 0 unspecified atom stereocenters. The van der Waals surface area contributed by atoms with Crippen LogP contribution in [0.2, 0.25) is 5.02 Å². The number of ether oxygens (including phenoxy) is 2. The lowest BCUT2D eigenvalue weighted by Crippen LogP contribution is -2.47. The molecule has 11 heteroatoms. The van der Waals surface area contributed by atoms with E-state index < -0.39 is 17.7 Å². The number of methoxy groups -OCH3 is 1. The number of nitrogens with one attached hydrogen (secondary N) is 1. The van der Waals surface area contributed by atoms with Crippen molar-refractivity contribution in [2.24, 2.45) is 10.8 Å². The predicted molar refractivity (Wildman–Crippen MR) is 154 cm³/mol. The summed E-state index contributed by atoms with van der Waals surface area (Å²) in [7, 11) is 1.29. The van der Waals surface area contributed by atoms with Gasteiger partial charge in [0.1, 0.15) is 17.2 Å². The van der Waals surface area contributed by atoms with E-state index in [4.69, 9.17) is 20.9 Å². The first-order valence-electron chi connectivity index (χ1n) is 14.2. The first-order valence-corrected chi connectivity index (χ1v) is 14.6. The lowest BCUT2D eigenvalue weighted by atomic mass is 9.53. The number of allylic oxidation sites excluding steroid dienone is 1. The number of halogens is 4. The van der Waals surface area contributed by atoms with E-state index in [0.717, 1.165) is 32.1 Å². The predicted octanol–water partition coefficient (Wildman–Crippen LogP) is 8.55. The largest absolute Gasteiger partial charge is 0.573 e. The van der Waals surface area contributed by atoms with Gasteiger partial charge in [-0.2, -0.15) is 0 Å². The molecule has 7 rings (SSSR count). The quantitative estimate of drug-likeness (QED) is 0.256. The molecule has 0 radical (unpaired) electrons. The standard InChI is InChI=1S/C32H30ClF3N2O5/c1-41-28(39)20-8-9-24(23(33)18-20)37-29(40)31-15-12-30(13-16-31,14-17-31)11-10-22-26(38-43-27(22)19-6-7-19)21-4-2-3-5-25(21)42-32(34,35)36/h2-5,8-11,18-19H,6-7,12-17H2,1H3,(H,37,40). The molecule has 3 aromatic rings. The van der Waals surface area contributed by atoms with E-state index in [1.807, 2.05) is 6.08 Å². The Bertz CT molecular complexity index is 1570. The maximum absolute atomic E-state index is 13.5. The molecule has 1 N–H and O–H groups in total. The van der Waals surface area contributed by atoms with Crippen LogP contribution in [0.3, 0.4) is 0 Å². The van der Waals surface area contributed by atoms with Gasteiger partial charge in [0.2, 0.25) is 5.91 Å². The number of carbonyl (C=O) groups excluding carboxylic acids is 2. The first-order chi connectivity index (χ1) is 20.5. The van der Waals surface area contributed by atoms with Gasteiger partial charge in [-0.3, -0.25) is 4.79 Å². The molecule has 0 atom stereocenters. The Balaban J connectivity index is 1.20. The summed E-state index contributed by atoms with van der Waals surface area (Å²) in [4.78, 5) is 25.3. The van der Waals surface area contributed by atoms with Crippen LogP contribution < -0.4 is 10.1 Å². The third-order valence-corrected chi connectivity index (χ3v) is 9.41. The molecule has 226 valence electrons. The van der Waals surface area contributed by atoms with E-state index in [-0.39, 0.29) is 33.6 Å². The number of nitrogens with zero attached hydrogens (tertiary/aromatic N) is 1. The second kappa shape index (κ2) is 11.0. The van der Waals surface area contributed by atoms with E-state index in [2.05, 4.69) is 21.3 Å². The summed E-state index contributed by atoms with van der Waals surface area (Å²) in [5, 5.41) is 7.43. The van der Waals surface area contributed by atoms with E-state index >= 15 is 0 Å². The molecule has 1 heterocycles. The van der Waals surface area contributed by atoms with E-state index in [1.165, 1.54) is 25.3 Å². The number of aromatic nitrogens is 1. The molecule has 2 bridgehead atoms. The van der Waals surface area contributed by atoms with Gasteiger partial charge < -0.3 is 19.3 Å². The van der Waals surface area contributed by atoms with Gasteiger partial charge in [-0.25, -0.2) is 4.79 Å². The molecule has 4 saturated carbocycles. The van der Waals surface area contributed by atoms with Crippen molar-refractivity contribution in [2.45, 2.75) is 63.6 Å². The Kier molecular flexibility index (Phi) is 7.52. The zero-order valence-electron chi connectivity index (χ0n) is 23.4. The van der Waals surface area contributed by atoms with Crippen molar-refractivity contribution >= 4 is 35.2 Å². The van der Waals surface area contributed by atoms with Gasteiger partial charge in [-0.15, -0.1) is 13.2 Å². The lowest BCUT2D eigenvalue weighted by molar-refractivity contribution is -0.274. The minimum atomic E-state index is -4.84. The SMILES string of the molecule is COC(=O)c1ccc(NC(=O)C23CCC(C=Cc4c(-c5ccccc5OC(F)(F)F)noc4C4CC4)(CC2)CC3)c(Cl)c1. The fourth-order valence-corrected chi connectivity index (χ4v) is 6.59. The van der Waals surface area contributed by atoms with Gasteiger partial charge in [-0.1, -0.05) is 41.0 Å². The highest BCUT2D eigenvalue weighted by atomic mass is 35.5. The van der Waals surface area contributed by atoms with Gasteiger partial charge in [0.05, 0.1) is 23.4 Å². The second-order valence-electron chi connectivity index (χ2n) is 11.7. The Morgan fingerprint density at radius 3 is 2.40 bits per heavy atom. The topological polar surface area (TPSA) is 90.7 Å². The Labute approximate surface area is 251 Å². The summed E-state index contributed by atoms with van der Waals surface area (Å²) in [6.45, 7) is 0. The molecular weight excluding hydrogens is 585 g/mol. The van der Waals surface area contributed by atoms with Crippen molar-refractivity contribution in [1.82, 2.24) is 5.16 Å². The van der Waals surface area contributed by atoms with Crippen LogP contribution in [0.5, 0.6) is 5.75 Å². The summed E-state index contributed by atoms with van der Waals surface area (Å²) in [5.74, 6) is -0.0546. The molecule has 43 heavy (non-hydrogen) atoms. The summed E-state index contributed by atoms with van der Waals surface area (Å²) >= 11 is 6.35. The van der Waals surface area contributed by atoms with Gasteiger partial charge in [0, 0.05) is 22.5 Å². The van der Waals surface area contributed by atoms with Crippen LogP contribution >= 0.6 is 11.6 Å². The average molecular weight is 615 g/mol. The van der Waals surface area contributed by atoms with Crippen LogP contribution in [0.25, 0.3) is 17.3 Å². The number of esters is 1. The monoisotopic (exact) mass is 614 g/mol. The fraction of sp³-hybridized carbons (Fsp3) is 0.406. The third kappa shape index (κ3) is 5.89.